The molecule has 0 bridgehead atoms. The molecule has 0 spiro atoms. The number of amides is 1. The van der Waals surface area contributed by atoms with Gasteiger partial charge in [0, 0.05) is 15.8 Å². The van der Waals surface area contributed by atoms with Gasteiger partial charge in [-0.25, -0.2) is 4.79 Å². The Hall–Kier alpha value is -2.71. The van der Waals surface area contributed by atoms with Gasteiger partial charge < -0.3 is 14.6 Å². The third-order valence-electron chi connectivity index (χ3n) is 3.07. The van der Waals surface area contributed by atoms with Gasteiger partial charge in [0.1, 0.15) is 5.76 Å². The van der Waals surface area contributed by atoms with Crippen molar-refractivity contribution in [2.45, 2.75) is 6.92 Å². The molecule has 25 heavy (non-hydrogen) atoms. The molecule has 0 saturated carbocycles. The molecule has 0 saturated heterocycles. The summed E-state index contributed by atoms with van der Waals surface area (Å²) in [7, 11) is 0. The zero-order chi connectivity index (χ0) is 17.6. The molecule has 1 N–H and O–H groups in total. The summed E-state index contributed by atoms with van der Waals surface area (Å²) in [5, 5.41) is 9.96. The Morgan fingerprint density at radius 3 is 2.72 bits per heavy atom. The van der Waals surface area contributed by atoms with Gasteiger partial charge in [-0.2, -0.15) is 0 Å². The van der Waals surface area contributed by atoms with E-state index >= 15 is 0 Å². The van der Waals surface area contributed by atoms with Crippen LogP contribution in [-0.4, -0.2) is 23.6 Å². The molecule has 1 amide bonds. The Morgan fingerprint density at radius 2 is 2.08 bits per heavy atom. The molecule has 0 radical (unpaired) electrons. The summed E-state index contributed by atoms with van der Waals surface area (Å²) in [5.74, 6) is -0.178. The van der Waals surface area contributed by atoms with Crippen LogP contribution in [0.2, 0.25) is 0 Å². The number of nitrogens with one attached hydrogen (secondary N) is 1. The maximum atomic E-state index is 12.4. The third kappa shape index (κ3) is 4.65. The predicted molar refractivity (Wildman–Crippen MR) is 97.3 cm³/mol. The second-order valence-electron chi connectivity index (χ2n) is 5.00. The van der Waals surface area contributed by atoms with Crippen LogP contribution >= 0.6 is 22.7 Å². The molecule has 0 fully saturated rings. The highest BCUT2D eigenvalue weighted by atomic mass is 32.1. The van der Waals surface area contributed by atoms with E-state index in [1.165, 1.54) is 22.7 Å². The van der Waals surface area contributed by atoms with E-state index in [0.717, 1.165) is 9.75 Å². The number of aromatic nitrogens is 1. The molecule has 0 aromatic carbocycles. The summed E-state index contributed by atoms with van der Waals surface area (Å²) in [6.45, 7) is 1.31. The number of anilines is 1. The lowest BCUT2D eigenvalue weighted by molar-refractivity contribution is -0.141. The SMILES string of the molecule is Cc1cc(NC(=O)COC(=O)/C(=C/c2cccs2)c2cccs2)no1. The minimum Gasteiger partial charge on any atom is -0.452 e. The summed E-state index contributed by atoms with van der Waals surface area (Å²) in [6.07, 6.45) is 1.76. The van der Waals surface area contributed by atoms with E-state index < -0.39 is 18.5 Å². The van der Waals surface area contributed by atoms with Gasteiger partial charge in [-0.1, -0.05) is 17.3 Å². The number of rotatable bonds is 6. The molecule has 0 atom stereocenters. The van der Waals surface area contributed by atoms with Crippen molar-refractivity contribution in [2.75, 3.05) is 11.9 Å². The van der Waals surface area contributed by atoms with Crippen molar-refractivity contribution in [1.29, 1.82) is 0 Å². The molecule has 0 aliphatic rings. The fraction of sp³-hybridized carbons (Fsp3) is 0.118. The maximum Gasteiger partial charge on any atom is 0.340 e. The Balaban J connectivity index is 1.65. The van der Waals surface area contributed by atoms with E-state index in [1.807, 2.05) is 35.0 Å². The first kappa shape index (κ1) is 17.1. The number of carbonyl (C=O) groups is 2. The third-order valence-corrected chi connectivity index (χ3v) is 4.79. The summed E-state index contributed by atoms with van der Waals surface area (Å²) in [5.41, 5.74) is 0.419. The standard InChI is InChI=1S/C17H14N2O4S2/c1-11-8-15(19-23-11)18-16(20)10-22-17(21)13(14-5-3-7-25-14)9-12-4-2-6-24-12/h2-9H,10H2,1H3,(H,18,19,20)/b13-9+. The fourth-order valence-electron chi connectivity index (χ4n) is 1.99. The Morgan fingerprint density at radius 1 is 1.28 bits per heavy atom. The van der Waals surface area contributed by atoms with Crippen molar-refractivity contribution < 1.29 is 18.8 Å². The lowest BCUT2D eigenvalue weighted by Crippen LogP contribution is -2.21. The first-order valence-electron chi connectivity index (χ1n) is 7.31. The van der Waals surface area contributed by atoms with Crippen LogP contribution in [0.4, 0.5) is 5.82 Å². The maximum absolute atomic E-state index is 12.4. The van der Waals surface area contributed by atoms with E-state index in [9.17, 15) is 9.59 Å². The smallest absolute Gasteiger partial charge is 0.340 e. The van der Waals surface area contributed by atoms with Gasteiger partial charge >= 0.3 is 5.97 Å². The molecular weight excluding hydrogens is 360 g/mol. The van der Waals surface area contributed by atoms with Gasteiger partial charge in [0.15, 0.2) is 12.4 Å². The van der Waals surface area contributed by atoms with E-state index in [4.69, 9.17) is 9.26 Å². The molecular formula is C17H14N2O4S2. The minimum absolute atomic E-state index is 0.283. The highest BCUT2D eigenvalue weighted by Gasteiger charge is 2.17. The number of ether oxygens (including phenoxy) is 1. The highest BCUT2D eigenvalue weighted by molar-refractivity contribution is 7.12. The quantitative estimate of drug-likeness (QED) is 0.524. The molecule has 0 aliphatic heterocycles. The molecule has 3 aromatic heterocycles. The minimum atomic E-state index is -0.553. The first-order valence-corrected chi connectivity index (χ1v) is 9.07. The first-order chi connectivity index (χ1) is 12.1. The molecule has 0 aliphatic carbocycles. The number of hydrogen-bond acceptors (Lipinski definition) is 7. The molecule has 3 heterocycles. The second-order valence-corrected chi connectivity index (χ2v) is 6.92. The molecule has 3 rings (SSSR count). The Bertz CT molecular complexity index is 880. The molecule has 0 unspecified atom stereocenters. The largest absolute Gasteiger partial charge is 0.452 e. The van der Waals surface area contributed by atoms with Gasteiger partial charge in [-0.05, 0) is 35.9 Å². The van der Waals surface area contributed by atoms with Gasteiger partial charge in [-0.3, -0.25) is 4.79 Å². The van der Waals surface area contributed by atoms with Gasteiger partial charge in [0.05, 0.1) is 5.57 Å². The van der Waals surface area contributed by atoms with Crippen LogP contribution in [-0.2, 0) is 14.3 Å². The van der Waals surface area contributed by atoms with Crippen LogP contribution in [0.5, 0.6) is 0 Å². The van der Waals surface area contributed by atoms with Crippen molar-refractivity contribution in [3.63, 3.8) is 0 Å². The van der Waals surface area contributed by atoms with E-state index in [1.54, 1.807) is 19.1 Å². The summed E-state index contributed by atoms with van der Waals surface area (Å²) in [4.78, 5) is 26.0. The number of aryl methyl sites for hydroxylation is 1. The average molecular weight is 374 g/mol. The molecule has 6 nitrogen and oxygen atoms in total. The van der Waals surface area contributed by atoms with Crippen LogP contribution in [0.15, 0.2) is 45.6 Å². The monoisotopic (exact) mass is 374 g/mol. The second kappa shape index (κ2) is 7.91. The van der Waals surface area contributed by atoms with Crippen molar-refractivity contribution in [1.82, 2.24) is 5.16 Å². The summed E-state index contributed by atoms with van der Waals surface area (Å²) in [6, 6.07) is 9.08. The fourth-order valence-corrected chi connectivity index (χ4v) is 3.38. The van der Waals surface area contributed by atoms with Gasteiger partial charge in [0.2, 0.25) is 0 Å². The van der Waals surface area contributed by atoms with Crippen LogP contribution in [0.3, 0.4) is 0 Å². The van der Waals surface area contributed by atoms with Crippen LogP contribution in [0.1, 0.15) is 15.5 Å². The number of thiophene rings is 2. The zero-order valence-corrected chi connectivity index (χ0v) is 14.9. The number of nitrogens with zero attached hydrogens (tertiary/aromatic N) is 1. The van der Waals surface area contributed by atoms with E-state index in [2.05, 4.69) is 10.5 Å². The lowest BCUT2D eigenvalue weighted by atomic mass is 10.2. The number of esters is 1. The average Bonchev–Trinajstić information content (AvgIpc) is 3.33. The lowest BCUT2D eigenvalue weighted by Gasteiger charge is -2.07. The Kier molecular flexibility index (Phi) is 5.42. The van der Waals surface area contributed by atoms with E-state index in [-0.39, 0.29) is 5.82 Å². The van der Waals surface area contributed by atoms with Gasteiger partial charge in [0.25, 0.3) is 5.91 Å². The normalized spacial score (nSPS) is 11.3. The predicted octanol–water partition coefficient (Wildman–Crippen LogP) is 3.83. The van der Waals surface area contributed by atoms with E-state index in [0.29, 0.717) is 11.3 Å². The number of carbonyl (C=O) groups excluding carboxylic acids is 2. The molecule has 128 valence electrons. The topological polar surface area (TPSA) is 81.4 Å². The van der Waals surface area contributed by atoms with Crippen LogP contribution in [0.25, 0.3) is 11.6 Å². The zero-order valence-electron chi connectivity index (χ0n) is 13.2. The highest BCUT2D eigenvalue weighted by Crippen LogP contribution is 2.25. The summed E-state index contributed by atoms with van der Waals surface area (Å²) >= 11 is 2.95. The molecule has 3 aromatic rings. The molecule has 8 heteroatoms. The van der Waals surface area contributed by atoms with Crippen molar-refractivity contribution >= 4 is 52.0 Å². The number of hydrogen-bond donors (Lipinski definition) is 1. The van der Waals surface area contributed by atoms with Gasteiger partial charge in [-0.15, -0.1) is 22.7 Å². The van der Waals surface area contributed by atoms with Crippen LogP contribution < -0.4 is 5.32 Å². The summed E-state index contributed by atoms with van der Waals surface area (Å²) < 4.78 is 10.0. The van der Waals surface area contributed by atoms with Crippen molar-refractivity contribution in [3.8, 4) is 0 Å². The Labute approximate surface area is 151 Å². The van der Waals surface area contributed by atoms with Crippen molar-refractivity contribution in [3.05, 3.63) is 56.6 Å². The van der Waals surface area contributed by atoms with Crippen molar-refractivity contribution in [2.24, 2.45) is 0 Å². The van der Waals surface area contributed by atoms with Crippen LogP contribution in [0, 0.1) is 6.92 Å².